The molecule has 4 N–H and O–H groups in total. The molecule has 0 saturated heterocycles. The van der Waals surface area contributed by atoms with Crippen molar-refractivity contribution in [2.45, 2.75) is 0 Å². The van der Waals surface area contributed by atoms with Crippen LogP contribution in [0.1, 0.15) is 0 Å². The van der Waals surface area contributed by atoms with Crippen LogP contribution in [0.2, 0.25) is 0 Å². The Morgan fingerprint density at radius 3 is 1.79 bits per heavy atom. The highest BCUT2D eigenvalue weighted by molar-refractivity contribution is 14.1. The van der Waals surface area contributed by atoms with Gasteiger partial charge in [0, 0.05) is 22.2 Å². The lowest BCUT2D eigenvalue weighted by Crippen LogP contribution is -1.92. The highest BCUT2D eigenvalue weighted by Gasteiger charge is 2.11. The van der Waals surface area contributed by atoms with Crippen molar-refractivity contribution in [3.63, 3.8) is 0 Å². The largest absolute Gasteiger partial charge is 0.437 e. The van der Waals surface area contributed by atoms with Crippen LogP contribution in [0.25, 0.3) is 31.7 Å². The third-order valence-electron chi connectivity index (χ3n) is 5.62. The molecule has 4 heterocycles. The summed E-state index contributed by atoms with van der Waals surface area (Å²) in [5, 5.41) is 1.04. The summed E-state index contributed by atoms with van der Waals surface area (Å²) in [5.74, 6) is 2.23. The molecule has 0 aliphatic carbocycles. The van der Waals surface area contributed by atoms with E-state index in [0.717, 1.165) is 39.9 Å². The average Bonchev–Trinajstić information content (AvgIpc) is 3.56. The molecule has 4 aromatic heterocycles. The van der Waals surface area contributed by atoms with Crippen LogP contribution < -0.4 is 20.9 Å². The summed E-state index contributed by atoms with van der Waals surface area (Å²) < 4.78 is 15.5. The van der Waals surface area contributed by atoms with Gasteiger partial charge in [0.05, 0.1) is 15.1 Å². The number of nitrogens with two attached hydrogens (primary N) is 2. The Kier molecular flexibility index (Phi) is 8.36. The van der Waals surface area contributed by atoms with E-state index in [4.69, 9.17) is 20.9 Å². The normalized spacial score (nSPS) is 10.8. The number of aromatic nitrogens is 6. The Labute approximate surface area is 269 Å². The molecule has 3 aromatic carbocycles. The van der Waals surface area contributed by atoms with Crippen molar-refractivity contribution < 1.29 is 9.47 Å². The number of anilines is 2. The Morgan fingerprint density at radius 2 is 1.21 bits per heavy atom. The van der Waals surface area contributed by atoms with E-state index in [1.165, 1.54) is 35.3 Å². The number of ether oxygens (including phenoxy) is 2. The molecule has 0 unspecified atom stereocenters. The maximum Gasteiger partial charge on any atom is 0.223 e. The molecule has 14 heteroatoms. The van der Waals surface area contributed by atoms with Crippen molar-refractivity contribution in [1.82, 2.24) is 29.9 Å². The van der Waals surface area contributed by atoms with Gasteiger partial charge in [0.1, 0.15) is 27.4 Å². The third kappa shape index (κ3) is 6.56. The maximum atomic E-state index is 5.92. The van der Waals surface area contributed by atoms with Crippen molar-refractivity contribution in [2.75, 3.05) is 11.5 Å². The van der Waals surface area contributed by atoms with Crippen LogP contribution in [0.4, 0.5) is 10.3 Å². The molecule has 42 heavy (non-hydrogen) atoms. The van der Waals surface area contributed by atoms with Crippen LogP contribution in [-0.4, -0.2) is 29.9 Å². The summed E-state index contributed by atoms with van der Waals surface area (Å²) in [6.45, 7) is 0. The Bertz CT molecular complexity index is 2020. The topological polar surface area (TPSA) is 148 Å². The second-order valence-electron chi connectivity index (χ2n) is 8.44. The lowest BCUT2D eigenvalue weighted by Gasteiger charge is -2.07. The first-order valence-electron chi connectivity index (χ1n) is 12.1. The Balaban J connectivity index is 0.000000157. The van der Waals surface area contributed by atoms with Crippen molar-refractivity contribution in [3.05, 3.63) is 93.6 Å². The minimum atomic E-state index is 0.460. The molecular weight excluding hydrogens is 751 g/mol. The molecule has 0 atom stereocenters. The fraction of sp³-hybridized carbons (Fsp3) is 0. The summed E-state index contributed by atoms with van der Waals surface area (Å²) in [6, 6.07) is 22.9. The first-order chi connectivity index (χ1) is 20.4. The van der Waals surface area contributed by atoms with Crippen LogP contribution in [-0.2, 0) is 0 Å². The molecule has 0 aliphatic rings. The van der Waals surface area contributed by atoms with Crippen LogP contribution in [0.5, 0.6) is 23.3 Å². The molecule has 0 radical (unpaired) electrons. The summed E-state index contributed by atoms with van der Waals surface area (Å²) in [5.41, 5.74) is 14.8. The lowest BCUT2D eigenvalue weighted by atomic mass is 10.1. The molecule has 0 fully saturated rings. The monoisotopic (exact) mass is 768 g/mol. The number of nitrogen functional groups attached to an aromatic ring is 2. The highest BCUT2D eigenvalue weighted by Crippen LogP contribution is 2.34. The van der Waals surface area contributed by atoms with Crippen molar-refractivity contribution in [2.24, 2.45) is 0 Å². The quantitative estimate of drug-likeness (QED) is 0.131. The summed E-state index contributed by atoms with van der Waals surface area (Å²) in [4.78, 5) is 25.1. The van der Waals surface area contributed by atoms with Gasteiger partial charge in [0.15, 0.2) is 21.8 Å². The van der Waals surface area contributed by atoms with E-state index >= 15 is 0 Å². The van der Waals surface area contributed by atoms with Gasteiger partial charge in [-0.15, -0.1) is 0 Å². The molecule has 10 nitrogen and oxygen atoms in total. The molecular formula is C28H18BrIN8O2S2. The number of benzene rings is 3. The number of halogens is 2. The maximum absolute atomic E-state index is 5.92. The molecule has 7 rings (SSSR count). The molecule has 7 aromatic rings. The number of thiazole rings is 2. The lowest BCUT2D eigenvalue weighted by molar-refractivity contribution is 0.465. The van der Waals surface area contributed by atoms with Gasteiger partial charge in [0.2, 0.25) is 11.8 Å². The van der Waals surface area contributed by atoms with Gasteiger partial charge in [-0.1, -0.05) is 62.9 Å². The van der Waals surface area contributed by atoms with Crippen LogP contribution in [0.15, 0.2) is 89.9 Å². The van der Waals surface area contributed by atoms with Gasteiger partial charge in [0.25, 0.3) is 0 Å². The van der Waals surface area contributed by atoms with Gasteiger partial charge in [-0.3, -0.25) is 0 Å². The van der Waals surface area contributed by atoms with E-state index in [0.29, 0.717) is 33.5 Å². The number of fused-ring (bicyclic) bond motifs is 2. The second kappa shape index (κ2) is 12.5. The minimum Gasteiger partial charge on any atom is -0.437 e. The van der Waals surface area contributed by atoms with E-state index in [9.17, 15) is 0 Å². The predicted molar refractivity (Wildman–Crippen MR) is 178 cm³/mol. The number of hydrogen-bond acceptors (Lipinski definition) is 12. The van der Waals surface area contributed by atoms with E-state index in [1.54, 1.807) is 12.1 Å². The molecule has 0 spiro atoms. The Morgan fingerprint density at radius 1 is 0.667 bits per heavy atom. The van der Waals surface area contributed by atoms with Gasteiger partial charge in [-0.05, 0) is 59.0 Å². The van der Waals surface area contributed by atoms with E-state index in [1.807, 2.05) is 60.7 Å². The zero-order valence-corrected chi connectivity index (χ0v) is 26.7. The Hall–Kier alpha value is -3.99. The second-order valence-corrected chi connectivity index (χ2v) is 12.6. The molecule has 0 aliphatic heterocycles. The van der Waals surface area contributed by atoms with E-state index in [2.05, 4.69) is 68.4 Å². The van der Waals surface area contributed by atoms with E-state index in [-0.39, 0.29) is 0 Å². The zero-order chi connectivity index (χ0) is 29.1. The summed E-state index contributed by atoms with van der Waals surface area (Å²) in [7, 11) is 0. The van der Waals surface area contributed by atoms with Gasteiger partial charge < -0.3 is 20.9 Å². The highest BCUT2D eigenvalue weighted by atomic mass is 127. The molecule has 0 bridgehead atoms. The number of para-hydroxylation sites is 2. The zero-order valence-electron chi connectivity index (χ0n) is 21.3. The smallest absolute Gasteiger partial charge is 0.223 e. The first kappa shape index (κ1) is 28.1. The molecule has 0 amide bonds. The fourth-order valence-corrected chi connectivity index (χ4v) is 5.98. The summed E-state index contributed by atoms with van der Waals surface area (Å²) in [6.07, 6.45) is 2.95. The van der Waals surface area contributed by atoms with Gasteiger partial charge in [-0.2, -0.15) is 0 Å². The molecule has 0 saturated carbocycles. The fourth-order valence-electron chi connectivity index (χ4n) is 3.82. The number of hydrogen-bond donors (Lipinski definition) is 2. The first-order valence-corrected chi connectivity index (χ1v) is 15.6. The van der Waals surface area contributed by atoms with Crippen molar-refractivity contribution in [1.29, 1.82) is 0 Å². The number of nitrogens with zero attached hydrogens (tertiary/aromatic N) is 6. The van der Waals surface area contributed by atoms with E-state index < -0.39 is 0 Å². The number of rotatable bonds is 5. The SMILES string of the molecule is Nc1nc2c(Oc3cc(-c4ccc(Br)cc4)ncn3)cccc2s1.Nc1nc2c(Oc3cc(I)ncn3)cccc2s1. The third-order valence-corrected chi connectivity index (χ3v) is 8.43. The summed E-state index contributed by atoms with van der Waals surface area (Å²) >= 11 is 8.39. The molecule has 208 valence electrons. The predicted octanol–water partition coefficient (Wildman–Crippen LogP) is 7.96. The average molecular weight is 769 g/mol. The van der Waals surface area contributed by atoms with Gasteiger partial charge in [-0.25, -0.2) is 29.9 Å². The van der Waals surface area contributed by atoms with Crippen LogP contribution in [0.3, 0.4) is 0 Å². The standard InChI is InChI=1S/C17H11BrN4OS.C11H7IN4OS/c18-11-6-4-10(5-7-11)12-8-15(21-9-20-12)23-13-2-1-3-14-16(13)22-17(19)24-14;12-8-4-9(15-5-14-8)17-6-2-1-3-7-10(6)16-11(13)18-7/h1-9H,(H2,19,22);1-5H,(H2,13,16). The van der Waals surface area contributed by atoms with Crippen molar-refractivity contribution in [3.8, 4) is 34.5 Å². The van der Waals surface area contributed by atoms with Crippen LogP contribution >= 0.6 is 61.2 Å². The van der Waals surface area contributed by atoms with Crippen LogP contribution in [0, 0.1) is 3.70 Å². The van der Waals surface area contributed by atoms with Gasteiger partial charge >= 0.3 is 0 Å². The minimum absolute atomic E-state index is 0.460. The van der Waals surface area contributed by atoms with Crippen molar-refractivity contribution >= 4 is 91.9 Å².